The highest BCUT2D eigenvalue weighted by Crippen LogP contribution is 2.36. The number of sulfonamides is 1. The Balaban J connectivity index is 2.00. The summed E-state index contributed by atoms with van der Waals surface area (Å²) in [5.74, 6) is 0.387. The van der Waals surface area contributed by atoms with Gasteiger partial charge in [-0.3, -0.25) is 0 Å². The molecular weight excluding hydrogens is 446 g/mol. The van der Waals surface area contributed by atoms with Gasteiger partial charge in [0.2, 0.25) is 10.0 Å². The van der Waals surface area contributed by atoms with Crippen molar-refractivity contribution >= 4 is 21.8 Å². The minimum atomic E-state index is -4.04. The number of amides is 1. The second-order valence-corrected chi connectivity index (χ2v) is 10.7. The van der Waals surface area contributed by atoms with Crippen LogP contribution in [-0.4, -0.2) is 45.2 Å². The molecule has 9 heteroatoms. The molecule has 0 saturated carbocycles. The monoisotopic (exact) mass is 477 g/mol. The summed E-state index contributed by atoms with van der Waals surface area (Å²) >= 11 is 0. The van der Waals surface area contributed by atoms with Gasteiger partial charge in [0.15, 0.2) is 0 Å². The van der Waals surface area contributed by atoms with Gasteiger partial charge >= 0.3 is 6.09 Å². The van der Waals surface area contributed by atoms with Gasteiger partial charge in [0.1, 0.15) is 42.1 Å². The molecule has 0 aromatic heterocycles. The van der Waals surface area contributed by atoms with Crippen LogP contribution in [-0.2, 0) is 26.1 Å². The van der Waals surface area contributed by atoms with Crippen LogP contribution < -0.4 is 13.8 Å². The molecule has 0 unspecified atom stereocenters. The second kappa shape index (κ2) is 10.4. The molecule has 0 spiro atoms. The maximum Gasteiger partial charge on any atom is 0.429 e. The number of hydrogen-bond donors (Lipinski definition) is 0. The Labute approximate surface area is 195 Å². The van der Waals surface area contributed by atoms with E-state index in [0.29, 0.717) is 29.7 Å². The number of ether oxygens (including phenoxy) is 4. The van der Waals surface area contributed by atoms with Crippen molar-refractivity contribution in [3.63, 3.8) is 0 Å². The number of carbonyl (C=O) groups is 1. The first-order valence-electron chi connectivity index (χ1n) is 10.9. The van der Waals surface area contributed by atoms with E-state index in [1.807, 2.05) is 30.3 Å². The molecule has 0 bridgehead atoms. The number of nitrogens with zero attached hydrogens (tertiary/aromatic N) is 1. The summed E-state index contributed by atoms with van der Waals surface area (Å²) in [7, 11) is -4.04. The molecular formula is C24H31NO7S. The minimum absolute atomic E-state index is 0.0215. The fourth-order valence-electron chi connectivity index (χ4n) is 2.97. The SMILES string of the molecule is CCCS(=O)(=O)N(C(=O)OC(C)(C)C)c1cc(OC[C@H]2CO2)ccc1OCc1ccccc1. The summed E-state index contributed by atoms with van der Waals surface area (Å²) in [6.45, 7) is 7.91. The Morgan fingerprint density at radius 2 is 1.82 bits per heavy atom. The predicted octanol–water partition coefficient (Wildman–Crippen LogP) is 4.52. The zero-order chi connectivity index (χ0) is 24.1. The molecule has 180 valence electrons. The zero-order valence-corrected chi connectivity index (χ0v) is 20.3. The summed E-state index contributed by atoms with van der Waals surface area (Å²) in [6, 6.07) is 14.2. The Hall–Kier alpha value is -2.78. The fourth-order valence-corrected chi connectivity index (χ4v) is 4.38. The maximum atomic E-state index is 13.2. The van der Waals surface area contributed by atoms with E-state index in [1.165, 1.54) is 6.07 Å². The third kappa shape index (κ3) is 7.36. The number of epoxide rings is 1. The summed E-state index contributed by atoms with van der Waals surface area (Å²) in [5.41, 5.74) is 0.0530. The van der Waals surface area contributed by atoms with E-state index in [0.717, 1.165) is 5.56 Å². The lowest BCUT2D eigenvalue weighted by Crippen LogP contribution is -2.42. The Bertz CT molecular complexity index is 1040. The van der Waals surface area contributed by atoms with Crippen molar-refractivity contribution in [3.8, 4) is 11.5 Å². The Morgan fingerprint density at radius 3 is 2.42 bits per heavy atom. The van der Waals surface area contributed by atoms with Crippen molar-refractivity contribution < 1.29 is 32.2 Å². The predicted molar refractivity (Wildman–Crippen MR) is 125 cm³/mol. The topological polar surface area (TPSA) is 94.7 Å². The molecule has 1 fully saturated rings. The van der Waals surface area contributed by atoms with Crippen LogP contribution in [0.2, 0.25) is 0 Å². The molecule has 1 saturated heterocycles. The van der Waals surface area contributed by atoms with E-state index in [2.05, 4.69) is 0 Å². The van der Waals surface area contributed by atoms with Gasteiger partial charge in [0.25, 0.3) is 0 Å². The Morgan fingerprint density at radius 1 is 1.12 bits per heavy atom. The molecule has 0 radical (unpaired) electrons. The lowest BCUT2D eigenvalue weighted by Gasteiger charge is -2.28. The standard InChI is InChI=1S/C24H31NO7S/c1-5-13-33(27,28)25(23(26)32-24(2,3)4)21-14-19(29-16-20-17-30-20)11-12-22(21)31-15-18-9-7-6-8-10-18/h6-12,14,20H,5,13,15-17H2,1-4H3/t20-/m0/s1. The van der Waals surface area contributed by atoms with Crippen LogP contribution in [0.1, 0.15) is 39.7 Å². The van der Waals surface area contributed by atoms with E-state index >= 15 is 0 Å². The van der Waals surface area contributed by atoms with Crippen LogP contribution in [0.3, 0.4) is 0 Å². The van der Waals surface area contributed by atoms with E-state index in [1.54, 1.807) is 39.8 Å². The molecule has 0 N–H and O–H groups in total. The quantitative estimate of drug-likeness (QED) is 0.464. The average molecular weight is 478 g/mol. The fraction of sp³-hybridized carbons (Fsp3) is 0.458. The van der Waals surface area contributed by atoms with Gasteiger partial charge in [-0.05, 0) is 44.9 Å². The first-order chi connectivity index (χ1) is 15.6. The molecule has 1 aliphatic heterocycles. The number of carbonyl (C=O) groups excluding carboxylic acids is 1. The van der Waals surface area contributed by atoms with Crippen LogP contribution in [0.15, 0.2) is 48.5 Å². The molecule has 2 aromatic rings. The van der Waals surface area contributed by atoms with Crippen LogP contribution >= 0.6 is 0 Å². The molecule has 1 atom stereocenters. The number of hydrogen-bond acceptors (Lipinski definition) is 7. The van der Waals surface area contributed by atoms with Crippen molar-refractivity contribution in [2.24, 2.45) is 0 Å². The van der Waals surface area contributed by atoms with Crippen LogP contribution in [0, 0.1) is 0 Å². The maximum absolute atomic E-state index is 13.2. The Kier molecular flexibility index (Phi) is 7.86. The third-order valence-electron chi connectivity index (χ3n) is 4.52. The molecule has 3 rings (SSSR count). The smallest absolute Gasteiger partial charge is 0.429 e. The normalized spacial score (nSPS) is 15.6. The van der Waals surface area contributed by atoms with E-state index in [9.17, 15) is 13.2 Å². The molecule has 33 heavy (non-hydrogen) atoms. The van der Waals surface area contributed by atoms with E-state index in [4.69, 9.17) is 18.9 Å². The molecule has 1 aliphatic rings. The van der Waals surface area contributed by atoms with Gasteiger partial charge in [-0.1, -0.05) is 37.3 Å². The lowest BCUT2D eigenvalue weighted by atomic mass is 10.2. The molecule has 1 heterocycles. The second-order valence-electron chi connectivity index (χ2n) is 8.73. The van der Waals surface area contributed by atoms with E-state index in [-0.39, 0.29) is 29.9 Å². The summed E-state index contributed by atoms with van der Waals surface area (Å²) in [6.07, 6.45) is -0.645. The third-order valence-corrected chi connectivity index (χ3v) is 6.35. The van der Waals surface area contributed by atoms with Crippen molar-refractivity contribution in [3.05, 3.63) is 54.1 Å². The number of anilines is 1. The van der Waals surface area contributed by atoms with Gasteiger partial charge in [0.05, 0.1) is 12.4 Å². The van der Waals surface area contributed by atoms with Gasteiger partial charge in [-0.25, -0.2) is 13.2 Å². The van der Waals surface area contributed by atoms with Crippen LogP contribution in [0.4, 0.5) is 10.5 Å². The van der Waals surface area contributed by atoms with Crippen molar-refractivity contribution in [1.29, 1.82) is 0 Å². The highest BCUT2D eigenvalue weighted by molar-refractivity contribution is 7.93. The first kappa shape index (κ1) is 24.9. The molecule has 8 nitrogen and oxygen atoms in total. The largest absolute Gasteiger partial charge is 0.491 e. The zero-order valence-electron chi connectivity index (χ0n) is 19.4. The van der Waals surface area contributed by atoms with Crippen molar-refractivity contribution in [2.45, 2.75) is 52.4 Å². The number of rotatable bonds is 10. The molecule has 0 aliphatic carbocycles. The highest BCUT2D eigenvalue weighted by Gasteiger charge is 2.35. The highest BCUT2D eigenvalue weighted by atomic mass is 32.2. The van der Waals surface area contributed by atoms with Gasteiger partial charge in [0, 0.05) is 6.07 Å². The summed E-state index contributed by atoms with van der Waals surface area (Å²) in [5, 5.41) is 0. The van der Waals surface area contributed by atoms with Gasteiger partial charge < -0.3 is 18.9 Å². The summed E-state index contributed by atoms with van der Waals surface area (Å²) < 4.78 is 49.4. The number of benzene rings is 2. The summed E-state index contributed by atoms with van der Waals surface area (Å²) in [4.78, 5) is 13.1. The molecule has 2 aromatic carbocycles. The first-order valence-corrected chi connectivity index (χ1v) is 12.5. The average Bonchev–Trinajstić information content (AvgIpc) is 3.55. The van der Waals surface area contributed by atoms with E-state index < -0.39 is 21.7 Å². The lowest BCUT2D eigenvalue weighted by molar-refractivity contribution is 0.0608. The molecule has 1 amide bonds. The minimum Gasteiger partial charge on any atom is -0.491 e. The van der Waals surface area contributed by atoms with Crippen LogP contribution in [0.25, 0.3) is 0 Å². The van der Waals surface area contributed by atoms with Crippen LogP contribution in [0.5, 0.6) is 11.5 Å². The van der Waals surface area contributed by atoms with Crippen molar-refractivity contribution in [2.75, 3.05) is 23.3 Å². The van der Waals surface area contributed by atoms with Gasteiger partial charge in [-0.2, -0.15) is 4.31 Å². The van der Waals surface area contributed by atoms with Crippen molar-refractivity contribution in [1.82, 2.24) is 0 Å². The van der Waals surface area contributed by atoms with Gasteiger partial charge in [-0.15, -0.1) is 0 Å².